The van der Waals surface area contributed by atoms with Gasteiger partial charge in [-0.25, -0.2) is 0 Å². The first-order valence-electron chi connectivity index (χ1n) is 5.02. The van der Waals surface area contributed by atoms with E-state index in [4.69, 9.17) is 5.11 Å². The van der Waals surface area contributed by atoms with E-state index in [9.17, 15) is 4.79 Å². The Kier molecular flexibility index (Phi) is 2.82. The maximum atomic E-state index is 10.7. The van der Waals surface area contributed by atoms with Gasteiger partial charge in [-0.05, 0) is 35.2 Å². The summed E-state index contributed by atoms with van der Waals surface area (Å²) in [4.78, 5) is 10.7. The van der Waals surface area contributed by atoms with Crippen LogP contribution in [0.15, 0.2) is 4.60 Å². The smallest absolute Gasteiger partial charge is 0.304 e. The fraction of sp³-hybridized carbons (Fsp3) is 0.600. The third-order valence-corrected chi connectivity index (χ3v) is 3.88. The van der Waals surface area contributed by atoms with Crippen molar-refractivity contribution in [1.29, 1.82) is 0 Å². The molecule has 1 atom stereocenters. The zero-order valence-corrected chi connectivity index (χ0v) is 10.1. The average molecular weight is 273 g/mol. The van der Waals surface area contributed by atoms with Crippen molar-refractivity contribution in [3.8, 4) is 0 Å². The summed E-state index contributed by atoms with van der Waals surface area (Å²) in [6.45, 7) is 0. The van der Waals surface area contributed by atoms with Crippen molar-refractivity contribution in [3.63, 3.8) is 0 Å². The fourth-order valence-electron chi connectivity index (χ4n) is 2.20. The molecule has 1 N–H and O–H groups in total. The number of hydrogen-bond donors (Lipinski definition) is 1. The molecule has 0 fully saturated rings. The van der Waals surface area contributed by atoms with Gasteiger partial charge in [-0.3, -0.25) is 9.48 Å². The van der Waals surface area contributed by atoms with Gasteiger partial charge in [0.1, 0.15) is 4.60 Å². The van der Waals surface area contributed by atoms with Gasteiger partial charge in [-0.1, -0.05) is 0 Å². The van der Waals surface area contributed by atoms with Crippen LogP contribution in [-0.4, -0.2) is 20.9 Å². The molecule has 1 aliphatic rings. The number of hydrogen-bond acceptors (Lipinski definition) is 2. The van der Waals surface area contributed by atoms with Gasteiger partial charge in [0.15, 0.2) is 0 Å². The second kappa shape index (κ2) is 3.96. The molecule has 0 spiro atoms. The Morgan fingerprint density at radius 1 is 1.73 bits per heavy atom. The number of carboxylic acids is 1. The lowest BCUT2D eigenvalue weighted by atomic mass is 9.86. The molecule has 0 amide bonds. The number of carboxylic acid groups (broad SMARTS) is 1. The zero-order valence-electron chi connectivity index (χ0n) is 8.53. The van der Waals surface area contributed by atoms with E-state index >= 15 is 0 Å². The van der Waals surface area contributed by atoms with Crippen LogP contribution in [0.4, 0.5) is 0 Å². The largest absolute Gasteiger partial charge is 0.481 e. The molecule has 0 saturated heterocycles. The fourth-order valence-corrected chi connectivity index (χ4v) is 2.68. The molecule has 5 heteroatoms. The summed E-state index contributed by atoms with van der Waals surface area (Å²) in [5, 5.41) is 13.2. The predicted molar refractivity (Wildman–Crippen MR) is 58.8 cm³/mol. The summed E-state index contributed by atoms with van der Waals surface area (Å²) >= 11 is 3.48. The van der Waals surface area contributed by atoms with Crippen molar-refractivity contribution < 1.29 is 9.90 Å². The summed E-state index contributed by atoms with van der Waals surface area (Å²) < 4.78 is 2.78. The Hall–Kier alpha value is -0.840. The number of aryl methyl sites for hydroxylation is 1. The first-order chi connectivity index (χ1) is 7.09. The summed E-state index contributed by atoms with van der Waals surface area (Å²) in [6, 6.07) is 0. The summed E-state index contributed by atoms with van der Waals surface area (Å²) in [5.41, 5.74) is 2.16. The van der Waals surface area contributed by atoms with E-state index in [1.165, 1.54) is 5.56 Å². The molecular weight excluding hydrogens is 260 g/mol. The van der Waals surface area contributed by atoms with E-state index in [-0.39, 0.29) is 12.3 Å². The van der Waals surface area contributed by atoms with Gasteiger partial charge < -0.3 is 5.11 Å². The van der Waals surface area contributed by atoms with E-state index in [1.54, 1.807) is 4.68 Å². The van der Waals surface area contributed by atoms with E-state index < -0.39 is 5.97 Å². The summed E-state index contributed by atoms with van der Waals surface area (Å²) in [5.74, 6) is -0.654. The van der Waals surface area contributed by atoms with Gasteiger partial charge in [0.25, 0.3) is 0 Å². The molecule has 1 unspecified atom stereocenters. The minimum atomic E-state index is -0.741. The standard InChI is InChI=1S/C10H13BrN2O2/c1-13-10(11)7-4-2-3-6(5-8(14)15)9(7)12-13/h6H,2-5H2,1H3,(H,14,15). The highest BCUT2D eigenvalue weighted by Crippen LogP contribution is 2.36. The minimum absolute atomic E-state index is 0.0868. The van der Waals surface area contributed by atoms with Crippen LogP contribution in [0, 0.1) is 0 Å². The van der Waals surface area contributed by atoms with Gasteiger partial charge in [-0.15, -0.1) is 0 Å². The van der Waals surface area contributed by atoms with Crippen molar-refractivity contribution in [3.05, 3.63) is 15.9 Å². The topological polar surface area (TPSA) is 55.1 Å². The van der Waals surface area contributed by atoms with Crippen molar-refractivity contribution in [2.75, 3.05) is 0 Å². The van der Waals surface area contributed by atoms with Gasteiger partial charge >= 0.3 is 5.97 Å². The van der Waals surface area contributed by atoms with Crippen LogP contribution in [0.2, 0.25) is 0 Å². The lowest BCUT2D eigenvalue weighted by Gasteiger charge is -2.19. The number of aliphatic carboxylic acids is 1. The average Bonchev–Trinajstić information content (AvgIpc) is 2.45. The van der Waals surface area contributed by atoms with Crippen molar-refractivity contribution >= 4 is 21.9 Å². The Balaban J connectivity index is 2.34. The molecule has 1 aromatic rings. The molecule has 0 saturated carbocycles. The summed E-state index contributed by atoms with van der Waals surface area (Å²) in [6.07, 6.45) is 3.17. The van der Waals surface area contributed by atoms with Crippen LogP contribution in [-0.2, 0) is 18.3 Å². The number of aromatic nitrogens is 2. The van der Waals surface area contributed by atoms with Gasteiger partial charge in [0, 0.05) is 18.5 Å². The van der Waals surface area contributed by atoms with Crippen LogP contribution in [0.25, 0.3) is 0 Å². The van der Waals surface area contributed by atoms with E-state index in [0.717, 1.165) is 29.6 Å². The normalized spacial score (nSPS) is 20.0. The number of halogens is 1. The van der Waals surface area contributed by atoms with E-state index in [0.29, 0.717) is 0 Å². The molecule has 1 heterocycles. The van der Waals surface area contributed by atoms with Gasteiger partial charge in [0.2, 0.25) is 0 Å². The van der Waals surface area contributed by atoms with Crippen LogP contribution in [0.5, 0.6) is 0 Å². The molecule has 0 bridgehead atoms. The third-order valence-electron chi connectivity index (χ3n) is 2.89. The highest BCUT2D eigenvalue weighted by atomic mass is 79.9. The molecular formula is C10H13BrN2O2. The summed E-state index contributed by atoms with van der Waals surface area (Å²) in [7, 11) is 1.88. The molecule has 2 rings (SSSR count). The number of nitrogens with zero attached hydrogens (tertiary/aromatic N) is 2. The van der Waals surface area contributed by atoms with Crippen molar-refractivity contribution in [2.45, 2.75) is 31.6 Å². The van der Waals surface area contributed by atoms with Crippen molar-refractivity contribution in [2.24, 2.45) is 7.05 Å². The number of rotatable bonds is 2. The van der Waals surface area contributed by atoms with Crippen LogP contribution < -0.4 is 0 Å². The highest BCUT2D eigenvalue weighted by Gasteiger charge is 2.27. The molecule has 0 aromatic carbocycles. The van der Waals surface area contributed by atoms with Gasteiger partial charge in [-0.2, -0.15) is 5.10 Å². The zero-order chi connectivity index (χ0) is 11.0. The highest BCUT2D eigenvalue weighted by molar-refractivity contribution is 9.10. The molecule has 1 aromatic heterocycles. The molecule has 0 aliphatic heterocycles. The lowest BCUT2D eigenvalue weighted by Crippen LogP contribution is -2.13. The molecule has 82 valence electrons. The Morgan fingerprint density at radius 3 is 3.13 bits per heavy atom. The van der Waals surface area contributed by atoms with E-state index in [1.807, 2.05) is 7.05 Å². The first kappa shape index (κ1) is 10.7. The SMILES string of the molecule is Cn1nc2c(c1Br)CCCC2CC(=O)O. The van der Waals surface area contributed by atoms with Crippen LogP contribution in [0.1, 0.15) is 36.4 Å². The quantitative estimate of drug-likeness (QED) is 0.897. The minimum Gasteiger partial charge on any atom is -0.481 e. The van der Waals surface area contributed by atoms with Gasteiger partial charge in [0.05, 0.1) is 12.1 Å². The molecule has 1 aliphatic carbocycles. The Bertz CT molecular complexity index is 400. The second-order valence-corrected chi connectivity index (χ2v) is 4.72. The third kappa shape index (κ3) is 1.93. The lowest BCUT2D eigenvalue weighted by molar-refractivity contribution is -0.137. The predicted octanol–water partition coefficient (Wildman–Crippen LogP) is 2.08. The van der Waals surface area contributed by atoms with Crippen molar-refractivity contribution in [1.82, 2.24) is 9.78 Å². The van der Waals surface area contributed by atoms with Crippen LogP contribution in [0.3, 0.4) is 0 Å². The second-order valence-electron chi connectivity index (χ2n) is 3.97. The Labute approximate surface area is 96.4 Å². The first-order valence-corrected chi connectivity index (χ1v) is 5.82. The maximum absolute atomic E-state index is 10.7. The van der Waals surface area contributed by atoms with E-state index in [2.05, 4.69) is 21.0 Å². The molecule has 15 heavy (non-hydrogen) atoms. The monoisotopic (exact) mass is 272 g/mol. The number of fused-ring (bicyclic) bond motifs is 1. The molecule has 0 radical (unpaired) electrons. The maximum Gasteiger partial charge on any atom is 0.304 e. The Morgan fingerprint density at radius 2 is 2.47 bits per heavy atom. The molecule has 4 nitrogen and oxygen atoms in total. The van der Waals surface area contributed by atoms with Crippen LogP contribution >= 0.6 is 15.9 Å². The number of carbonyl (C=O) groups is 1.